The van der Waals surface area contributed by atoms with Gasteiger partial charge in [-0.1, -0.05) is 154 Å². The van der Waals surface area contributed by atoms with Gasteiger partial charge in [-0.05, 0) is 92.2 Å². The predicted molar refractivity (Wildman–Crippen MR) is 211 cm³/mol. The van der Waals surface area contributed by atoms with E-state index in [1.165, 1.54) is 82.2 Å². The Morgan fingerprint density at radius 3 is 1.98 bits per heavy atom. The largest absolute Gasteiger partial charge is 0.344 e. The second-order valence-corrected chi connectivity index (χ2v) is 15.3. The lowest BCUT2D eigenvalue weighted by atomic mass is 9.67. The maximum atomic E-state index is 5.20. The molecule has 0 radical (unpaired) electrons. The summed E-state index contributed by atoms with van der Waals surface area (Å²) in [5.41, 5.74) is 17.4. The highest BCUT2D eigenvalue weighted by Crippen LogP contribution is 2.61. The van der Waals surface area contributed by atoms with E-state index in [2.05, 4.69) is 147 Å². The lowest BCUT2D eigenvalue weighted by Crippen LogP contribution is -2.33. The van der Waals surface area contributed by atoms with Crippen molar-refractivity contribution in [3.05, 3.63) is 178 Å². The summed E-state index contributed by atoms with van der Waals surface area (Å²) >= 11 is 0. The summed E-state index contributed by atoms with van der Waals surface area (Å²) in [5.74, 6) is 1.58. The van der Waals surface area contributed by atoms with Crippen molar-refractivity contribution >= 4 is 11.7 Å². The molecule has 0 saturated heterocycles. The molecular weight excluding hydrogens is 619 g/mol. The monoisotopic (exact) mass is 659 g/mol. The summed E-state index contributed by atoms with van der Waals surface area (Å²) in [7, 11) is 0. The summed E-state index contributed by atoms with van der Waals surface area (Å²) in [4.78, 5) is 10.2. The molecule has 3 nitrogen and oxygen atoms in total. The number of nitrogens with one attached hydrogen (secondary N) is 1. The number of nitrogens with zero attached hydrogens (tertiary/aromatic N) is 2. The molecule has 1 saturated carbocycles. The lowest BCUT2D eigenvalue weighted by molar-refractivity contribution is 0.353. The van der Waals surface area contributed by atoms with E-state index >= 15 is 0 Å². The first-order valence-corrected chi connectivity index (χ1v) is 18.6. The molecule has 248 valence electrons. The van der Waals surface area contributed by atoms with Gasteiger partial charge in [0.05, 0.1) is 0 Å². The molecule has 1 aliphatic heterocycles. The first kappa shape index (κ1) is 30.3. The molecule has 1 N–H and O–H groups in total. The molecule has 4 aliphatic rings. The Hall–Kier alpha value is -5.54. The Bertz CT molecular complexity index is 2390. The summed E-state index contributed by atoms with van der Waals surface area (Å²) in [6.45, 7) is 4.81. The van der Waals surface area contributed by atoms with E-state index in [-0.39, 0.29) is 17.0 Å². The van der Waals surface area contributed by atoms with Crippen molar-refractivity contribution in [3.63, 3.8) is 0 Å². The second-order valence-electron chi connectivity index (χ2n) is 15.3. The zero-order valence-corrected chi connectivity index (χ0v) is 29.3. The van der Waals surface area contributed by atoms with Gasteiger partial charge in [0, 0.05) is 22.0 Å². The average Bonchev–Trinajstić information content (AvgIpc) is 3.59. The van der Waals surface area contributed by atoms with Gasteiger partial charge in [-0.2, -0.15) is 0 Å². The third-order valence-electron chi connectivity index (χ3n) is 12.1. The summed E-state index contributed by atoms with van der Waals surface area (Å²) in [5, 5.41) is 3.69. The van der Waals surface area contributed by atoms with Gasteiger partial charge >= 0.3 is 0 Å². The molecule has 51 heavy (non-hydrogen) atoms. The highest BCUT2D eigenvalue weighted by Gasteiger charge is 2.47. The van der Waals surface area contributed by atoms with E-state index in [9.17, 15) is 0 Å². The predicted octanol–water partition coefficient (Wildman–Crippen LogP) is 11.4. The lowest BCUT2D eigenvalue weighted by Gasteiger charge is -2.36. The quantitative estimate of drug-likeness (QED) is 0.201. The van der Waals surface area contributed by atoms with E-state index in [0.717, 1.165) is 28.4 Å². The van der Waals surface area contributed by atoms with Gasteiger partial charge in [-0.25, -0.2) is 9.98 Å². The van der Waals surface area contributed by atoms with Crippen LogP contribution in [-0.2, 0) is 10.8 Å². The molecule has 0 aromatic heterocycles. The van der Waals surface area contributed by atoms with Gasteiger partial charge < -0.3 is 5.32 Å². The van der Waals surface area contributed by atoms with E-state index in [1.807, 2.05) is 12.1 Å². The van der Waals surface area contributed by atoms with Gasteiger partial charge in [0.25, 0.3) is 0 Å². The van der Waals surface area contributed by atoms with E-state index in [4.69, 9.17) is 9.98 Å². The van der Waals surface area contributed by atoms with Crippen molar-refractivity contribution in [1.29, 1.82) is 0 Å². The highest BCUT2D eigenvalue weighted by atomic mass is 15.2. The Morgan fingerprint density at radius 1 is 0.529 bits per heavy atom. The fourth-order valence-corrected chi connectivity index (χ4v) is 9.63. The molecule has 1 spiro atoms. The molecule has 0 bridgehead atoms. The van der Waals surface area contributed by atoms with Crippen molar-refractivity contribution in [2.75, 3.05) is 0 Å². The number of aliphatic imine (C=N–C) groups is 2. The summed E-state index contributed by atoms with van der Waals surface area (Å²) in [6.07, 6.45) is 6.03. The van der Waals surface area contributed by atoms with Gasteiger partial charge in [0.15, 0.2) is 5.84 Å². The maximum absolute atomic E-state index is 5.20. The normalized spacial score (nSPS) is 18.9. The van der Waals surface area contributed by atoms with Gasteiger partial charge in [0.2, 0.25) is 0 Å². The van der Waals surface area contributed by atoms with Crippen LogP contribution in [0.2, 0.25) is 0 Å². The van der Waals surface area contributed by atoms with E-state index in [1.54, 1.807) is 5.56 Å². The minimum absolute atomic E-state index is 0.0442. The first-order chi connectivity index (χ1) is 25.0. The minimum atomic E-state index is -0.274. The molecule has 1 heterocycles. The standard InChI is InChI=1S/C48H41N3/c1-47(2)39-24-11-10-22-36(39)37-29-42-38(30-41(37)47)43-35(23-15-25-40(43)48(42)26-12-5-13-27-48)33-20-14-21-34(28-33)46-50-44(31-16-6-3-7-17-31)49-45(51-46)32-18-8-4-9-19-32/h3-4,6-11,14-25,28-30,46H,5,12-13,26-27H2,1-2H3,(H,49,50,51). The third kappa shape index (κ3) is 4.64. The highest BCUT2D eigenvalue weighted by molar-refractivity contribution is 6.13. The molecular formula is C48H41N3. The van der Waals surface area contributed by atoms with Gasteiger partial charge in [-0.3, -0.25) is 0 Å². The summed E-state index contributed by atoms with van der Waals surface area (Å²) < 4.78 is 0. The van der Waals surface area contributed by atoms with Crippen LogP contribution in [0.15, 0.2) is 150 Å². The Morgan fingerprint density at radius 2 is 1.18 bits per heavy atom. The van der Waals surface area contributed by atoms with Crippen molar-refractivity contribution in [3.8, 4) is 33.4 Å². The molecule has 3 heteroatoms. The van der Waals surface area contributed by atoms with Crippen LogP contribution in [0.1, 0.15) is 91.1 Å². The molecule has 6 aromatic carbocycles. The van der Waals surface area contributed by atoms with Crippen LogP contribution < -0.4 is 5.32 Å². The number of amidine groups is 2. The fraction of sp³-hybridized carbons (Fsp3) is 0.208. The molecule has 3 aliphatic carbocycles. The fourth-order valence-electron chi connectivity index (χ4n) is 9.63. The Labute approximate surface area is 300 Å². The molecule has 6 aromatic rings. The Balaban J connectivity index is 1.12. The smallest absolute Gasteiger partial charge is 0.159 e. The van der Waals surface area contributed by atoms with Crippen LogP contribution in [0.25, 0.3) is 33.4 Å². The van der Waals surface area contributed by atoms with Gasteiger partial charge in [-0.15, -0.1) is 0 Å². The van der Waals surface area contributed by atoms with Crippen molar-refractivity contribution < 1.29 is 0 Å². The number of fused-ring (bicyclic) bond motifs is 8. The molecule has 1 atom stereocenters. The van der Waals surface area contributed by atoms with Crippen LogP contribution in [-0.4, -0.2) is 11.7 Å². The number of benzene rings is 6. The minimum Gasteiger partial charge on any atom is -0.344 e. The molecule has 1 unspecified atom stereocenters. The van der Waals surface area contributed by atoms with Crippen molar-refractivity contribution in [2.24, 2.45) is 9.98 Å². The Kier molecular flexibility index (Phi) is 6.83. The van der Waals surface area contributed by atoms with Crippen molar-refractivity contribution in [2.45, 2.75) is 62.9 Å². The average molecular weight is 660 g/mol. The van der Waals surface area contributed by atoms with Crippen LogP contribution in [0, 0.1) is 0 Å². The second kappa shape index (κ2) is 11.5. The van der Waals surface area contributed by atoms with Crippen LogP contribution in [0.5, 0.6) is 0 Å². The topological polar surface area (TPSA) is 36.8 Å². The zero-order valence-electron chi connectivity index (χ0n) is 29.3. The maximum Gasteiger partial charge on any atom is 0.159 e. The van der Waals surface area contributed by atoms with Crippen molar-refractivity contribution in [1.82, 2.24) is 5.32 Å². The summed E-state index contributed by atoms with van der Waals surface area (Å²) in [6, 6.07) is 51.1. The van der Waals surface area contributed by atoms with E-state index in [0.29, 0.717) is 0 Å². The molecule has 10 rings (SSSR count). The van der Waals surface area contributed by atoms with Crippen LogP contribution >= 0.6 is 0 Å². The third-order valence-corrected chi connectivity index (χ3v) is 12.1. The SMILES string of the molecule is CC1(C)c2ccccc2-c2cc3c(cc21)-c1c(-c2cccc(C4N=C(c5ccccc5)N=C(c5ccccc5)N4)c2)cccc1C31CCCCC1. The zero-order chi connectivity index (χ0) is 34.2. The van der Waals surface area contributed by atoms with Gasteiger partial charge in [0.1, 0.15) is 12.0 Å². The molecule has 0 amide bonds. The molecule has 1 fully saturated rings. The number of rotatable bonds is 4. The first-order valence-electron chi connectivity index (χ1n) is 18.6. The number of hydrogen-bond donors (Lipinski definition) is 1. The van der Waals surface area contributed by atoms with E-state index < -0.39 is 0 Å². The number of hydrogen-bond acceptors (Lipinski definition) is 3. The van der Waals surface area contributed by atoms with Crippen LogP contribution in [0.3, 0.4) is 0 Å². The van der Waals surface area contributed by atoms with Crippen LogP contribution in [0.4, 0.5) is 0 Å².